The first-order valence-corrected chi connectivity index (χ1v) is 5.31. The summed E-state index contributed by atoms with van der Waals surface area (Å²) in [6.45, 7) is -0.898. The fourth-order valence-electron chi connectivity index (χ4n) is 1.22. The average Bonchev–Trinajstić information content (AvgIpc) is 2.16. The van der Waals surface area contributed by atoms with Gasteiger partial charge in [0.2, 0.25) is 0 Å². The van der Waals surface area contributed by atoms with Crippen molar-refractivity contribution in [2.75, 3.05) is 13.7 Å². The Hall–Kier alpha value is -0.750. The van der Waals surface area contributed by atoms with Crippen molar-refractivity contribution >= 4 is 15.9 Å². The second kappa shape index (κ2) is 5.54. The van der Waals surface area contributed by atoms with E-state index >= 15 is 0 Å². The zero-order chi connectivity index (χ0) is 12.2. The van der Waals surface area contributed by atoms with Gasteiger partial charge in [0, 0.05) is 16.6 Å². The molecule has 1 N–H and O–H groups in total. The molecule has 0 aliphatic rings. The summed E-state index contributed by atoms with van der Waals surface area (Å²) in [5.74, 6) is 0.567. The number of nitrogens with one attached hydrogen (secondary N) is 1. The van der Waals surface area contributed by atoms with E-state index < -0.39 is 12.7 Å². The highest BCUT2D eigenvalue weighted by molar-refractivity contribution is 9.10. The van der Waals surface area contributed by atoms with Crippen molar-refractivity contribution in [1.82, 2.24) is 5.32 Å². The minimum Gasteiger partial charge on any atom is -0.496 e. The minimum atomic E-state index is -4.20. The van der Waals surface area contributed by atoms with Gasteiger partial charge in [-0.1, -0.05) is 15.9 Å². The number of methoxy groups -OCH3 is 1. The van der Waals surface area contributed by atoms with E-state index in [1.165, 1.54) is 7.11 Å². The van der Waals surface area contributed by atoms with Gasteiger partial charge in [-0.25, -0.2) is 0 Å². The SMILES string of the molecule is COc1ccc(Br)cc1CNCC(F)(F)F. The molecule has 1 aromatic rings. The summed E-state index contributed by atoms with van der Waals surface area (Å²) in [6.07, 6.45) is -4.20. The molecule has 0 aromatic heterocycles. The van der Waals surface area contributed by atoms with E-state index in [1.807, 2.05) is 0 Å². The van der Waals surface area contributed by atoms with E-state index in [0.29, 0.717) is 11.3 Å². The van der Waals surface area contributed by atoms with E-state index in [2.05, 4.69) is 21.2 Å². The van der Waals surface area contributed by atoms with E-state index in [0.717, 1.165) is 4.47 Å². The van der Waals surface area contributed by atoms with Crippen molar-refractivity contribution in [3.8, 4) is 5.75 Å². The van der Waals surface area contributed by atoms with Gasteiger partial charge in [-0.05, 0) is 18.2 Å². The van der Waals surface area contributed by atoms with Gasteiger partial charge >= 0.3 is 6.18 Å². The number of ether oxygens (including phenoxy) is 1. The molecule has 1 aromatic carbocycles. The second-order valence-corrected chi connectivity index (χ2v) is 4.09. The van der Waals surface area contributed by atoms with Crippen LogP contribution in [0, 0.1) is 0 Å². The van der Waals surface area contributed by atoms with Crippen LogP contribution in [0.25, 0.3) is 0 Å². The number of alkyl halides is 3. The number of hydrogen-bond donors (Lipinski definition) is 1. The Balaban J connectivity index is 2.62. The van der Waals surface area contributed by atoms with Gasteiger partial charge in [-0.15, -0.1) is 0 Å². The number of rotatable bonds is 4. The highest BCUT2D eigenvalue weighted by Gasteiger charge is 2.26. The molecule has 1 rings (SSSR count). The summed E-state index contributed by atoms with van der Waals surface area (Å²) in [6, 6.07) is 5.20. The Bertz CT molecular complexity index is 354. The van der Waals surface area contributed by atoms with Gasteiger partial charge in [0.05, 0.1) is 13.7 Å². The van der Waals surface area contributed by atoms with Crippen LogP contribution in [-0.2, 0) is 6.54 Å². The van der Waals surface area contributed by atoms with Crippen molar-refractivity contribution in [2.24, 2.45) is 0 Å². The van der Waals surface area contributed by atoms with Crippen LogP contribution in [0.3, 0.4) is 0 Å². The molecule has 0 aliphatic heterocycles. The topological polar surface area (TPSA) is 21.3 Å². The number of halogens is 4. The number of hydrogen-bond acceptors (Lipinski definition) is 2. The van der Waals surface area contributed by atoms with E-state index in [9.17, 15) is 13.2 Å². The van der Waals surface area contributed by atoms with Crippen LogP contribution >= 0.6 is 15.9 Å². The van der Waals surface area contributed by atoms with Crippen LogP contribution in [-0.4, -0.2) is 19.8 Å². The molecule has 2 nitrogen and oxygen atoms in total. The van der Waals surface area contributed by atoms with E-state index in [4.69, 9.17) is 4.74 Å². The molecule has 6 heteroatoms. The lowest BCUT2D eigenvalue weighted by Gasteiger charge is -2.11. The lowest BCUT2D eigenvalue weighted by Crippen LogP contribution is -2.28. The molecule has 0 saturated carbocycles. The Morgan fingerprint density at radius 3 is 2.62 bits per heavy atom. The third-order valence-electron chi connectivity index (χ3n) is 1.88. The zero-order valence-electron chi connectivity index (χ0n) is 8.57. The minimum absolute atomic E-state index is 0.113. The molecule has 90 valence electrons. The third-order valence-corrected chi connectivity index (χ3v) is 2.38. The van der Waals surface area contributed by atoms with Crippen molar-refractivity contribution in [3.05, 3.63) is 28.2 Å². The molecular weight excluding hydrogens is 287 g/mol. The predicted octanol–water partition coefficient (Wildman–Crippen LogP) is 3.11. The molecule has 0 bridgehead atoms. The molecule has 0 atom stereocenters. The monoisotopic (exact) mass is 297 g/mol. The van der Waals surface area contributed by atoms with Gasteiger partial charge in [0.15, 0.2) is 0 Å². The summed E-state index contributed by atoms with van der Waals surface area (Å²) < 4.78 is 41.6. The van der Waals surface area contributed by atoms with E-state index in [1.54, 1.807) is 18.2 Å². The van der Waals surface area contributed by atoms with Crippen molar-refractivity contribution in [2.45, 2.75) is 12.7 Å². The molecule has 16 heavy (non-hydrogen) atoms. The fourth-order valence-corrected chi connectivity index (χ4v) is 1.63. The maximum atomic E-state index is 11.9. The smallest absolute Gasteiger partial charge is 0.401 e. The summed E-state index contributed by atoms with van der Waals surface area (Å²) in [5, 5.41) is 2.32. The standard InChI is InChI=1S/C10H11BrF3NO/c1-16-9-3-2-8(11)4-7(9)5-15-6-10(12,13)14/h2-4,15H,5-6H2,1H3. The van der Waals surface area contributed by atoms with Crippen LogP contribution in [0.4, 0.5) is 13.2 Å². The first kappa shape index (κ1) is 13.3. The lowest BCUT2D eigenvalue weighted by molar-refractivity contribution is -0.125. The Labute approximate surface area is 99.9 Å². The Morgan fingerprint density at radius 2 is 2.06 bits per heavy atom. The molecule has 0 saturated heterocycles. The van der Waals surface area contributed by atoms with Gasteiger partial charge in [0.1, 0.15) is 5.75 Å². The fraction of sp³-hybridized carbons (Fsp3) is 0.400. The Kier molecular flexibility index (Phi) is 4.61. The summed E-state index contributed by atoms with van der Waals surface area (Å²) >= 11 is 3.25. The molecule has 0 unspecified atom stereocenters. The molecule has 0 spiro atoms. The Morgan fingerprint density at radius 1 is 1.38 bits per heavy atom. The lowest BCUT2D eigenvalue weighted by atomic mass is 10.2. The van der Waals surface area contributed by atoms with Crippen molar-refractivity contribution < 1.29 is 17.9 Å². The van der Waals surface area contributed by atoms with Crippen LogP contribution in [0.5, 0.6) is 5.75 Å². The zero-order valence-corrected chi connectivity index (χ0v) is 10.2. The summed E-state index contributed by atoms with van der Waals surface area (Å²) in [4.78, 5) is 0. The van der Waals surface area contributed by atoms with Crippen LogP contribution in [0.15, 0.2) is 22.7 Å². The molecule has 0 amide bonds. The van der Waals surface area contributed by atoms with Crippen molar-refractivity contribution in [1.29, 1.82) is 0 Å². The predicted molar refractivity (Wildman–Crippen MR) is 58.5 cm³/mol. The average molecular weight is 298 g/mol. The van der Waals surface area contributed by atoms with E-state index in [-0.39, 0.29) is 6.54 Å². The molecule has 0 aliphatic carbocycles. The van der Waals surface area contributed by atoms with Gasteiger partial charge in [-0.2, -0.15) is 13.2 Å². The first-order chi connectivity index (χ1) is 7.42. The largest absolute Gasteiger partial charge is 0.496 e. The quantitative estimate of drug-likeness (QED) is 0.922. The van der Waals surface area contributed by atoms with Gasteiger partial charge in [0.25, 0.3) is 0 Å². The third kappa shape index (κ3) is 4.40. The van der Waals surface area contributed by atoms with Crippen LogP contribution in [0.2, 0.25) is 0 Å². The van der Waals surface area contributed by atoms with Crippen molar-refractivity contribution in [3.63, 3.8) is 0 Å². The number of benzene rings is 1. The maximum Gasteiger partial charge on any atom is 0.401 e. The first-order valence-electron chi connectivity index (χ1n) is 4.52. The van der Waals surface area contributed by atoms with Gasteiger partial charge in [-0.3, -0.25) is 0 Å². The normalized spacial score (nSPS) is 11.6. The molecular formula is C10H11BrF3NO. The maximum absolute atomic E-state index is 11.9. The summed E-state index contributed by atoms with van der Waals surface area (Å²) in [7, 11) is 1.48. The van der Waals surface area contributed by atoms with Crippen LogP contribution in [0.1, 0.15) is 5.56 Å². The molecule has 0 fully saturated rings. The highest BCUT2D eigenvalue weighted by atomic mass is 79.9. The second-order valence-electron chi connectivity index (χ2n) is 3.17. The van der Waals surface area contributed by atoms with Crippen LogP contribution < -0.4 is 10.1 Å². The highest BCUT2D eigenvalue weighted by Crippen LogP contribution is 2.23. The molecule has 0 heterocycles. The summed E-state index contributed by atoms with van der Waals surface area (Å²) in [5.41, 5.74) is 0.682. The molecule has 0 radical (unpaired) electrons. The van der Waals surface area contributed by atoms with Gasteiger partial charge < -0.3 is 10.1 Å².